The van der Waals surface area contributed by atoms with Crippen LogP contribution in [0.25, 0.3) is 0 Å². The van der Waals surface area contributed by atoms with E-state index in [1.807, 2.05) is 41.1 Å². The van der Waals surface area contributed by atoms with Crippen molar-refractivity contribution in [1.29, 1.82) is 0 Å². The van der Waals surface area contributed by atoms with Gasteiger partial charge in [-0.3, -0.25) is 4.79 Å². The molecule has 1 atom stereocenters. The van der Waals surface area contributed by atoms with Gasteiger partial charge in [0, 0.05) is 18.7 Å². The molecule has 0 radical (unpaired) electrons. The van der Waals surface area contributed by atoms with Gasteiger partial charge in [-0.25, -0.2) is 0 Å². The van der Waals surface area contributed by atoms with Crippen molar-refractivity contribution in [2.45, 2.75) is 18.9 Å². The lowest BCUT2D eigenvalue weighted by molar-refractivity contribution is -0.121. The first-order chi connectivity index (χ1) is 9.66. The molecule has 0 saturated carbocycles. The largest absolute Gasteiger partial charge is 0.399 e. The van der Waals surface area contributed by atoms with Crippen molar-refractivity contribution >= 4 is 22.9 Å². The third kappa shape index (κ3) is 4.08. The fourth-order valence-electron chi connectivity index (χ4n) is 1.89. The minimum atomic E-state index is -0.646. The number of benzene rings is 1. The van der Waals surface area contributed by atoms with Crippen LogP contribution < -0.4 is 11.1 Å². The number of rotatable bonds is 6. The van der Waals surface area contributed by atoms with Gasteiger partial charge in [-0.1, -0.05) is 18.2 Å². The smallest absolute Gasteiger partial charge is 0.220 e. The third-order valence-electron chi connectivity index (χ3n) is 3.10. The van der Waals surface area contributed by atoms with E-state index < -0.39 is 6.10 Å². The summed E-state index contributed by atoms with van der Waals surface area (Å²) < 4.78 is 0. The Hall–Kier alpha value is -1.85. The molecule has 2 aromatic rings. The highest BCUT2D eigenvalue weighted by Gasteiger charge is 2.10. The van der Waals surface area contributed by atoms with Crippen molar-refractivity contribution in [3.05, 3.63) is 52.2 Å². The van der Waals surface area contributed by atoms with E-state index >= 15 is 0 Å². The summed E-state index contributed by atoms with van der Waals surface area (Å²) in [5.41, 5.74) is 8.34. The Morgan fingerprint density at radius 3 is 2.85 bits per heavy atom. The molecule has 0 aliphatic carbocycles. The van der Waals surface area contributed by atoms with Gasteiger partial charge in [0.25, 0.3) is 0 Å². The van der Waals surface area contributed by atoms with E-state index in [0.29, 0.717) is 18.5 Å². The number of aliphatic hydroxyl groups excluding tert-OH is 1. The molecule has 106 valence electrons. The molecule has 1 aromatic heterocycles. The Bertz CT molecular complexity index is 555. The molecule has 20 heavy (non-hydrogen) atoms. The van der Waals surface area contributed by atoms with Crippen molar-refractivity contribution in [3.8, 4) is 0 Å². The van der Waals surface area contributed by atoms with E-state index in [0.717, 1.165) is 11.1 Å². The maximum atomic E-state index is 11.7. The minimum absolute atomic E-state index is 0.0810. The molecule has 1 amide bonds. The quantitative estimate of drug-likeness (QED) is 0.713. The number of hydrogen-bond acceptors (Lipinski definition) is 4. The van der Waals surface area contributed by atoms with Gasteiger partial charge >= 0.3 is 0 Å². The second-order valence-corrected chi connectivity index (χ2v) is 5.36. The summed E-state index contributed by atoms with van der Waals surface area (Å²) in [6.07, 6.45) is 0.324. The van der Waals surface area contributed by atoms with Crippen LogP contribution in [0.5, 0.6) is 0 Å². The molecule has 5 heteroatoms. The molecular weight excluding hydrogens is 272 g/mol. The molecule has 1 aromatic carbocycles. The lowest BCUT2D eigenvalue weighted by Gasteiger charge is -2.11. The van der Waals surface area contributed by atoms with Gasteiger partial charge in [0.2, 0.25) is 5.91 Å². The summed E-state index contributed by atoms with van der Waals surface area (Å²) in [5.74, 6) is -0.0810. The molecule has 0 fully saturated rings. The molecule has 2 rings (SSSR count). The highest BCUT2D eigenvalue weighted by Crippen LogP contribution is 2.15. The number of nitrogens with two attached hydrogens (primary N) is 1. The number of para-hydroxylation sites is 1. The Kier molecular flexibility index (Phi) is 5.15. The molecule has 0 bridgehead atoms. The van der Waals surface area contributed by atoms with Crippen molar-refractivity contribution in [3.63, 3.8) is 0 Å². The average molecular weight is 290 g/mol. The minimum Gasteiger partial charge on any atom is -0.399 e. The number of aryl methyl sites for hydroxylation is 1. The number of aliphatic hydroxyl groups is 1. The van der Waals surface area contributed by atoms with Crippen LogP contribution in [0.4, 0.5) is 5.69 Å². The van der Waals surface area contributed by atoms with Gasteiger partial charge in [0.1, 0.15) is 0 Å². The number of nitrogens with one attached hydrogen (secondary N) is 1. The highest BCUT2D eigenvalue weighted by atomic mass is 32.1. The summed E-state index contributed by atoms with van der Waals surface area (Å²) >= 11 is 1.52. The van der Waals surface area contributed by atoms with Gasteiger partial charge in [0.15, 0.2) is 0 Å². The van der Waals surface area contributed by atoms with E-state index in [-0.39, 0.29) is 12.5 Å². The molecule has 0 aliphatic rings. The molecule has 4 N–H and O–H groups in total. The average Bonchev–Trinajstić information content (AvgIpc) is 2.98. The van der Waals surface area contributed by atoms with E-state index in [1.54, 1.807) is 0 Å². The summed E-state index contributed by atoms with van der Waals surface area (Å²) in [6, 6.07) is 9.38. The highest BCUT2D eigenvalue weighted by molar-refractivity contribution is 7.07. The number of nitrogen functional groups attached to an aromatic ring is 1. The third-order valence-corrected chi connectivity index (χ3v) is 3.80. The molecule has 0 saturated heterocycles. The number of anilines is 1. The first-order valence-electron chi connectivity index (χ1n) is 6.47. The normalized spacial score (nSPS) is 12.1. The van der Waals surface area contributed by atoms with Crippen molar-refractivity contribution in [2.24, 2.45) is 0 Å². The van der Waals surface area contributed by atoms with Gasteiger partial charge in [0.05, 0.1) is 6.10 Å². The van der Waals surface area contributed by atoms with Crippen LogP contribution in [0.1, 0.15) is 23.7 Å². The first kappa shape index (κ1) is 14.6. The van der Waals surface area contributed by atoms with Crippen LogP contribution in [-0.2, 0) is 11.2 Å². The van der Waals surface area contributed by atoms with Gasteiger partial charge in [-0.05, 0) is 40.4 Å². The fraction of sp³-hybridized carbons (Fsp3) is 0.267. The van der Waals surface area contributed by atoms with Crippen LogP contribution in [0.3, 0.4) is 0 Å². The summed E-state index contributed by atoms with van der Waals surface area (Å²) in [4.78, 5) is 11.7. The Labute approximate surface area is 122 Å². The van der Waals surface area contributed by atoms with Crippen molar-refractivity contribution in [1.82, 2.24) is 5.32 Å². The Balaban J connectivity index is 1.75. The maximum absolute atomic E-state index is 11.7. The lowest BCUT2D eigenvalue weighted by atomic mass is 10.1. The standard InChI is InChI=1S/C15H18N2O2S/c16-13-4-2-1-3-11(13)5-6-15(19)17-9-14(18)12-7-8-20-10-12/h1-4,7-8,10,14,18H,5-6,9,16H2,(H,17,19). The number of thiophene rings is 1. The maximum Gasteiger partial charge on any atom is 0.220 e. The van der Waals surface area contributed by atoms with Gasteiger partial charge in [-0.15, -0.1) is 0 Å². The first-order valence-corrected chi connectivity index (χ1v) is 7.41. The van der Waals surface area contributed by atoms with Crippen LogP contribution in [0.2, 0.25) is 0 Å². The predicted molar refractivity (Wildman–Crippen MR) is 81.5 cm³/mol. The monoisotopic (exact) mass is 290 g/mol. The fourth-order valence-corrected chi connectivity index (χ4v) is 2.60. The van der Waals surface area contributed by atoms with E-state index in [2.05, 4.69) is 5.32 Å². The van der Waals surface area contributed by atoms with Crippen LogP contribution >= 0.6 is 11.3 Å². The Morgan fingerprint density at radius 1 is 1.35 bits per heavy atom. The van der Waals surface area contributed by atoms with Gasteiger partial charge < -0.3 is 16.2 Å². The number of amides is 1. The topological polar surface area (TPSA) is 75.4 Å². The van der Waals surface area contributed by atoms with E-state index in [1.165, 1.54) is 11.3 Å². The zero-order valence-corrected chi connectivity index (χ0v) is 11.9. The van der Waals surface area contributed by atoms with E-state index in [4.69, 9.17) is 5.73 Å². The van der Waals surface area contributed by atoms with Gasteiger partial charge in [-0.2, -0.15) is 11.3 Å². The zero-order chi connectivity index (χ0) is 14.4. The summed E-state index contributed by atoms with van der Waals surface area (Å²) in [7, 11) is 0. The number of carbonyl (C=O) groups is 1. The summed E-state index contributed by atoms with van der Waals surface area (Å²) in [6.45, 7) is 0.236. The molecule has 0 spiro atoms. The molecule has 1 heterocycles. The van der Waals surface area contributed by atoms with Crippen LogP contribution in [0.15, 0.2) is 41.1 Å². The predicted octanol–water partition coefficient (Wildman–Crippen LogP) is 2.11. The SMILES string of the molecule is Nc1ccccc1CCC(=O)NCC(O)c1ccsc1. The molecule has 1 unspecified atom stereocenters. The molecule has 4 nitrogen and oxygen atoms in total. The number of carbonyl (C=O) groups excluding carboxylic acids is 1. The second kappa shape index (κ2) is 7.07. The summed E-state index contributed by atoms with van der Waals surface area (Å²) in [5, 5.41) is 16.4. The van der Waals surface area contributed by atoms with Crippen molar-refractivity contribution in [2.75, 3.05) is 12.3 Å². The van der Waals surface area contributed by atoms with Crippen molar-refractivity contribution < 1.29 is 9.90 Å². The lowest BCUT2D eigenvalue weighted by Crippen LogP contribution is -2.28. The van der Waals surface area contributed by atoms with Crippen LogP contribution in [-0.4, -0.2) is 17.6 Å². The molecule has 0 aliphatic heterocycles. The molecular formula is C15H18N2O2S. The Morgan fingerprint density at radius 2 is 2.15 bits per heavy atom. The number of hydrogen-bond donors (Lipinski definition) is 3. The van der Waals surface area contributed by atoms with Crippen LogP contribution in [0, 0.1) is 0 Å². The zero-order valence-electron chi connectivity index (χ0n) is 11.1. The van der Waals surface area contributed by atoms with E-state index in [9.17, 15) is 9.90 Å². The second-order valence-electron chi connectivity index (χ2n) is 4.58.